The Labute approximate surface area is 203 Å². The van der Waals surface area contributed by atoms with E-state index >= 15 is 0 Å². The van der Waals surface area contributed by atoms with E-state index in [4.69, 9.17) is 23.6 Å². The smallest absolute Gasteiger partial charge is 0.415 e. The second-order valence-electron chi connectivity index (χ2n) is 10.2. The summed E-state index contributed by atoms with van der Waals surface area (Å²) >= 11 is 0. The van der Waals surface area contributed by atoms with Crippen LogP contribution in [0.3, 0.4) is 0 Å². The van der Waals surface area contributed by atoms with Crippen LogP contribution in [0.4, 0.5) is 10.5 Å². The summed E-state index contributed by atoms with van der Waals surface area (Å²) in [6, 6.07) is 5.64. The van der Waals surface area contributed by atoms with Crippen LogP contribution < -0.4 is 15.4 Å². The van der Waals surface area contributed by atoms with Crippen LogP contribution in [0.5, 0.6) is 5.75 Å². The first-order valence-electron chi connectivity index (χ1n) is 11.9. The minimum absolute atomic E-state index is 0.00280. The molecule has 0 bridgehead atoms. The molecule has 2 aromatic rings. The highest BCUT2D eigenvalue weighted by molar-refractivity contribution is 6.02. The topological polar surface area (TPSA) is 124 Å². The molecule has 1 saturated carbocycles. The number of aliphatic imine (C=N–C) groups is 1. The number of amides is 2. The van der Waals surface area contributed by atoms with Crippen LogP contribution >= 0.6 is 0 Å². The summed E-state index contributed by atoms with van der Waals surface area (Å²) in [6.07, 6.45) is 4.71. The summed E-state index contributed by atoms with van der Waals surface area (Å²) in [5.41, 5.74) is 0.209. The predicted molar refractivity (Wildman–Crippen MR) is 126 cm³/mol. The molecule has 1 aliphatic carbocycles. The molecule has 1 spiro atoms. The van der Waals surface area contributed by atoms with Gasteiger partial charge < -0.3 is 23.9 Å². The van der Waals surface area contributed by atoms with Gasteiger partial charge in [-0.05, 0) is 58.2 Å². The Morgan fingerprint density at radius 3 is 2.71 bits per heavy atom. The third kappa shape index (κ3) is 4.56. The number of ether oxygens (including phenoxy) is 3. The average Bonchev–Trinajstić information content (AvgIpc) is 3.40. The van der Waals surface area contributed by atoms with E-state index in [1.54, 1.807) is 33.8 Å². The molecule has 3 unspecified atom stereocenters. The van der Waals surface area contributed by atoms with E-state index in [1.165, 1.54) is 6.26 Å². The van der Waals surface area contributed by atoms with E-state index in [0.29, 0.717) is 17.3 Å². The number of aromatic nitrogens is 1. The Morgan fingerprint density at radius 1 is 1.17 bits per heavy atom. The zero-order valence-electron chi connectivity index (χ0n) is 20.3. The van der Waals surface area contributed by atoms with E-state index in [-0.39, 0.29) is 36.3 Å². The number of carbonyl (C=O) groups excluding carboxylic acids is 2. The van der Waals surface area contributed by atoms with Crippen LogP contribution in [0, 0.1) is 12.8 Å². The normalized spacial score (nSPS) is 25.0. The Hall–Kier alpha value is -3.56. The molecule has 2 aliphatic heterocycles. The van der Waals surface area contributed by atoms with Crippen molar-refractivity contribution in [3.05, 3.63) is 41.6 Å². The van der Waals surface area contributed by atoms with Gasteiger partial charge in [0.1, 0.15) is 35.9 Å². The summed E-state index contributed by atoms with van der Waals surface area (Å²) in [6.45, 7) is 7.32. The first-order valence-corrected chi connectivity index (χ1v) is 11.9. The molecular weight excluding hydrogens is 452 g/mol. The number of nitrogens with zero attached hydrogens (tertiary/aromatic N) is 2. The first-order chi connectivity index (χ1) is 16.6. The van der Waals surface area contributed by atoms with Gasteiger partial charge in [0.25, 0.3) is 11.9 Å². The lowest BCUT2D eigenvalue weighted by Crippen LogP contribution is -2.49. The average molecular weight is 483 g/mol. The van der Waals surface area contributed by atoms with Crippen molar-refractivity contribution in [3.8, 4) is 5.75 Å². The second kappa shape index (κ2) is 8.58. The van der Waals surface area contributed by atoms with E-state index in [2.05, 4.69) is 15.6 Å². The fourth-order valence-corrected chi connectivity index (χ4v) is 5.07. The number of fused-ring (bicyclic) bond motifs is 4. The van der Waals surface area contributed by atoms with Gasteiger partial charge in [-0.1, -0.05) is 6.42 Å². The van der Waals surface area contributed by atoms with Gasteiger partial charge >= 0.3 is 6.09 Å². The SMILES string of the molecule is Cc1nc(C(=O)Nc2ccc3c(c2)C2(COC(NC(=O)OC(C)(C)C)=N2)C2CCCCC2O3)co1. The molecule has 2 amide bonds. The third-order valence-corrected chi connectivity index (χ3v) is 6.49. The van der Waals surface area contributed by atoms with Crippen LogP contribution in [0.25, 0.3) is 0 Å². The molecule has 1 aromatic carbocycles. The molecule has 3 heterocycles. The quantitative estimate of drug-likeness (QED) is 0.654. The van der Waals surface area contributed by atoms with Crippen molar-refractivity contribution < 1.29 is 28.2 Å². The van der Waals surface area contributed by atoms with E-state index in [9.17, 15) is 9.59 Å². The van der Waals surface area contributed by atoms with Gasteiger partial charge in [0.15, 0.2) is 11.6 Å². The van der Waals surface area contributed by atoms with Crippen molar-refractivity contribution in [1.82, 2.24) is 10.3 Å². The van der Waals surface area contributed by atoms with Crippen molar-refractivity contribution in [2.75, 3.05) is 11.9 Å². The molecule has 35 heavy (non-hydrogen) atoms. The Balaban J connectivity index is 1.47. The molecule has 0 saturated heterocycles. The molecule has 1 aromatic heterocycles. The van der Waals surface area contributed by atoms with Crippen molar-refractivity contribution in [2.24, 2.45) is 10.9 Å². The van der Waals surface area contributed by atoms with Crippen LogP contribution in [0.2, 0.25) is 0 Å². The Kier molecular flexibility index (Phi) is 5.69. The maximum Gasteiger partial charge on any atom is 0.415 e. The van der Waals surface area contributed by atoms with E-state index in [0.717, 1.165) is 31.2 Å². The lowest BCUT2D eigenvalue weighted by molar-refractivity contribution is 0.00724. The molecule has 10 nitrogen and oxygen atoms in total. The predicted octanol–water partition coefficient (Wildman–Crippen LogP) is 4.29. The number of hydrogen-bond donors (Lipinski definition) is 2. The molecule has 5 rings (SSSR count). The van der Waals surface area contributed by atoms with Crippen LogP contribution in [0.15, 0.2) is 33.9 Å². The van der Waals surface area contributed by atoms with Crippen molar-refractivity contribution in [3.63, 3.8) is 0 Å². The highest BCUT2D eigenvalue weighted by Crippen LogP contribution is 2.52. The second-order valence-corrected chi connectivity index (χ2v) is 10.2. The van der Waals surface area contributed by atoms with Gasteiger partial charge in [-0.25, -0.2) is 20.1 Å². The largest absolute Gasteiger partial charge is 0.490 e. The van der Waals surface area contributed by atoms with Gasteiger partial charge in [-0.2, -0.15) is 0 Å². The zero-order chi connectivity index (χ0) is 24.8. The van der Waals surface area contributed by atoms with Gasteiger partial charge in [-0.3, -0.25) is 4.79 Å². The van der Waals surface area contributed by atoms with Gasteiger partial charge in [0.05, 0.1) is 0 Å². The number of hydrogen-bond acceptors (Lipinski definition) is 8. The first kappa shape index (κ1) is 23.2. The van der Waals surface area contributed by atoms with Crippen LogP contribution in [-0.2, 0) is 15.0 Å². The van der Waals surface area contributed by atoms with Crippen molar-refractivity contribution in [1.29, 1.82) is 0 Å². The lowest BCUT2D eigenvalue weighted by Gasteiger charge is -2.46. The summed E-state index contributed by atoms with van der Waals surface area (Å²) in [5.74, 6) is 0.820. The minimum atomic E-state index is -0.742. The standard InChI is InChI=1S/C25H30N4O6/c1-14-26-18(12-32-14)21(30)27-15-9-10-20-17(11-15)25(16-7-5-6-8-19(16)34-20)13-33-22(29-25)28-23(31)35-24(2,3)4/h9-12,16,19H,5-8,13H2,1-4H3,(H,27,30)(H,28,29,31). The molecule has 3 atom stereocenters. The molecule has 1 fully saturated rings. The number of amidine groups is 1. The lowest BCUT2D eigenvalue weighted by atomic mass is 9.68. The molecule has 0 radical (unpaired) electrons. The zero-order valence-corrected chi connectivity index (χ0v) is 20.3. The Bertz CT molecular complexity index is 1180. The van der Waals surface area contributed by atoms with Gasteiger partial charge in [-0.15, -0.1) is 0 Å². The minimum Gasteiger partial charge on any atom is -0.490 e. The van der Waals surface area contributed by atoms with Crippen molar-refractivity contribution >= 4 is 23.7 Å². The van der Waals surface area contributed by atoms with Crippen LogP contribution in [0.1, 0.15) is 68.4 Å². The molecule has 186 valence electrons. The summed E-state index contributed by atoms with van der Waals surface area (Å²) in [4.78, 5) is 34.0. The molecule has 2 N–H and O–H groups in total. The fraction of sp³-hybridized carbons (Fsp3) is 0.520. The molecular formula is C25H30N4O6. The monoisotopic (exact) mass is 482 g/mol. The van der Waals surface area contributed by atoms with Gasteiger partial charge in [0.2, 0.25) is 0 Å². The summed E-state index contributed by atoms with van der Waals surface area (Å²) < 4.78 is 22.8. The molecule has 10 heteroatoms. The number of rotatable bonds is 2. The highest BCUT2D eigenvalue weighted by atomic mass is 16.6. The molecule has 3 aliphatic rings. The van der Waals surface area contributed by atoms with Crippen LogP contribution in [-0.4, -0.2) is 41.3 Å². The fourth-order valence-electron chi connectivity index (χ4n) is 5.07. The number of oxazole rings is 1. The number of benzene rings is 1. The number of alkyl carbamates (subject to hydrolysis) is 1. The van der Waals surface area contributed by atoms with E-state index in [1.807, 2.05) is 12.1 Å². The number of anilines is 1. The number of nitrogens with one attached hydrogen (secondary N) is 2. The van der Waals surface area contributed by atoms with Gasteiger partial charge in [0, 0.05) is 24.1 Å². The summed E-state index contributed by atoms with van der Waals surface area (Å²) in [5, 5.41) is 5.51. The highest BCUT2D eigenvalue weighted by Gasteiger charge is 2.54. The van der Waals surface area contributed by atoms with Crippen molar-refractivity contribution in [2.45, 2.75) is 70.6 Å². The van der Waals surface area contributed by atoms with E-state index < -0.39 is 17.2 Å². The summed E-state index contributed by atoms with van der Waals surface area (Å²) in [7, 11) is 0. The maximum absolute atomic E-state index is 12.6. The number of aryl methyl sites for hydroxylation is 1. The number of carbonyl (C=O) groups is 2. The third-order valence-electron chi connectivity index (χ3n) is 6.49. The maximum atomic E-state index is 12.6. The Morgan fingerprint density at radius 2 is 1.97 bits per heavy atom.